The molecule has 0 aliphatic rings. The Hall–Kier alpha value is -1.64. The van der Waals surface area contributed by atoms with Crippen molar-refractivity contribution in [2.45, 2.75) is 19.4 Å². The number of aromatic nitrogens is 2. The number of H-pyrrole nitrogens is 1. The van der Waals surface area contributed by atoms with E-state index in [2.05, 4.69) is 27.6 Å². The van der Waals surface area contributed by atoms with Gasteiger partial charge in [-0.2, -0.15) is 0 Å². The minimum atomic E-state index is -0.945. The summed E-state index contributed by atoms with van der Waals surface area (Å²) in [6, 6.07) is 5.18. The lowest BCUT2D eigenvalue weighted by Crippen LogP contribution is -2.35. The largest absolute Gasteiger partial charge is 0.481 e. The summed E-state index contributed by atoms with van der Waals surface area (Å²) in [4.78, 5) is 37.0. The summed E-state index contributed by atoms with van der Waals surface area (Å²) in [6.07, 6.45) is 0.171. The van der Waals surface area contributed by atoms with Crippen molar-refractivity contribution >= 4 is 39.5 Å². The molecule has 0 amide bonds. The molecule has 0 saturated carbocycles. The first-order valence-corrected chi connectivity index (χ1v) is 6.71. The number of carboxylic acid groups (broad SMARTS) is 1. The molecule has 2 rings (SSSR count). The van der Waals surface area contributed by atoms with E-state index in [4.69, 9.17) is 5.11 Å². The number of fused-ring (bicyclic) bond motifs is 1. The van der Waals surface area contributed by atoms with Crippen LogP contribution in [0.3, 0.4) is 0 Å². The fraction of sp³-hybridized carbons (Fsp3) is 0.250. The molecule has 7 heteroatoms. The number of rotatable bonds is 4. The van der Waals surface area contributed by atoms with E-state index in [1.54, 1.807) is 18.2 Å². The van der Waals surface area contributed by atoms with E-state index in [0.717, 1.165) is 8.14 Å². The first-order valence-electron chi connectivity index (χ1n) is 5.63. The summed E-state index contributed by atoms with van der Waals surface area (Å²) >= 11 is 2.08. The summed E-state index contributed by atoms with van der Waals surface area (Å²) in [5.41, 5.74) is -0.406. The third kappa shape index (κ3) is 3.03. The maximum Gasteiger partial charge on any atom is 0.328 e. The van der Waals surface area contributed by atoms with Gasteiger partial charge in [0, 0.05) is 16.5 Å². The molecule has 1 aromatic heterocycles. The van der Waals surface area contributed by atoms with Crippen molar-refractivity contribution in [3.63, 3.8) is 0 Å². The quantitative estimate of drug-likeness (QED) is 0.786. The number of nitrogens with zero attached hydrogens (tertiary/aromatic N) is 1. The number of halogens is 1. The molecule has 0 saturated heterocycles. The maximum atomic E-state index is 12.2. The van der Waals surface area contributed by atoms with Crippen molar-refractivity contribution in [1.29, 1.82) is 0 Å². The fourth-order valence-corrected chi connectivity index (χ4v) is 2.31. The summed E-state index contributed by atoms with van der Waals surface area (Å²) in [7, 11) is 0. The number of hydrogen-bond acceptors (Lipinski definition) is 3. The second-order valence-corrected chi connectivity index (χ2v) is 5.32. The lowest BCUT2D eigenvalue weighted by atomic mass is 10.2. The summed E-state index contributed by atoms with van der Waals surface area (Å²) in [6.45, 7) is 0.0991. The van der Waals surface area contributed by atoms with Gasteiger partial charge in [0.25, 0.3) is 5.56 Å². The molecule has 0 aliphatic heterocycles. The average molecular weight is 374 g/mol. The van der Waals surface area contributed by atoms with Crippen LogP contribution in [-0.4, -0.2) is 20.6 Å². The van der Waals surface area contributed by atoms with Gasteiger partial charge in [-0.15, -0.1) is 0 Å². The van der Waals surface area contributed by atoms with Gasteiger partial charge in [0.05, 0.1) is 10.9 Å². The standard InChI is InChI=1S/C12H11IN2O4/c13-7-3-4-9-8(6-7)11(18)15(12(19)14-9)5-1-2-10(16)17/h3-4,6H,1-2,5H2,(H,14,19)(H,16,17). The van der Waals surface area contributed by atoms with Crippen LogP contribution in [0.15, 0.2) is 27.8 Å². The fourth-order valence-electron chi connectivity index (χ4n) is 1.81. The van der Waals surface area contributed by atoms with E-state index in [-0.39, 0.29) is 24.9 Å². The first kappa shape index (κ1) is 13.8. The van der Waals surface area contributed by atoms with E-state index in [0.29, 0.717) is 10.9 Å². The van der Waals surface area contributed by atoms with Crippen molar-refractivity contribution in [3.8, 4) is 0 Å². The Labute approximate surface area is 121 Å². The molecule has 1 heterocycles. The number of carbonyl (C=O) groups is 1. The van der Waals surface area contributed by atoms with E-state index < -0.39 is 11.7 Å². The smallest absolute Gasteiger partial charge is 0.328 e. The molecule has 1 aromatic carbocycles. The highest BCUT2D eigenvalue weighted by atomic mass is 127. The Morgan fingerprint density at radius 2 is 2.11 bits per heavy atom. The lowest BCUT2D eigenvalue weighted by Gasteiger charge is -2.05. The van der Waals surface area contributed by atoms with Crippen LogP contribution in [0.25, 0.3) is 10.9 Å². The number of aromatic amines is 1. The van der Waals surface area contributed by atoms with Crippen molar-refractivity contribution in [3.05, 3.63) is 42.6 Å². The van der Waals surface area contributed by atoms with E-state index in [1.165, 1.54) is 0 Å². The first-order chi connectivity index (χ1) is 8.99. The molecular formula is C12H11IN2O4. The van der Waals surface area contributed by atoms with Crippen LogP contribution in [0, 0.1) is 3.57 Å². The lowest BCUT2D eigenvalue weighted by molar-refractivity contribution is -0.137. The normalized spacial score (nSPS) is 10.8. The number of benzene rings is 1. The topological polar surface area (TPSA) is 92.2 Å². The van der Waals surface area contributed by atoms with Crippen molar-refractivity contribution < 1.29 is 9.90 Å². The molecule has 0 radical (unpaired) electrons. The minimum absolute atomic E-state index is 0.0732. The molecule has 0 aliphatic carbocycles. The van der Waals surface area contributed by atoms with Crippen LogP contribution in [-0.2, 0) is 11.3 Å². The summed E-state index contributed by atoms with van der Waals surface area (Å²) in [5, 5.41) is 9.00. The molecule has 100 valence electrons. The van der Waals surface area contributed by atoms with Crippen LogP contribution in [0.2, 0.25) is 0 Å². The molecule has 2 N–H and O–H groups in total. The second kappa shape index (κ2) is 5.55. The molecule has 6 nitrogen and oxygen atoms in total. The zero-order valence-corrected chi connectivity index (χ0v) is 12.0. The zero-order chi connectivity index (χ0) is 14.0. The highest BCUT2D eigenvalue weighted by Crippen LogP contribution is 2.10. The third-order valence-corrected chi connectivity index (χ3v) is 3.39. The van der Waals surface area contributed by atoms with Crippen LogP contribution in [0.5, 0.6) is 0 Å². The Morgan fingerprint density at radius 1 is 1.37 bits per heavy atom. The van der Waals surface area contributed by atoms with Crippen molar-refractivity contribution in [1.82, 2.24) is 9.55 Å². The SMILES string of the molecule is O=C(O)CCCn1c(=O)[nH]c2ccc(I)cc2c1=O. The van der Waals surface area contributed by atoms with Gasteiger partial charge < -0.3 is 10.1 Å². The Morgan fingerprint density at radius 3 is 2.79 bits per heavy atom. The number of nitrogens with one attached hydrogen (secondary N) is 1. The third-order valence-electron chi connectivity index (χ3n) is 2.72. The highest BCUT2D eigenvalue weighted by Gasteiger charge is 2.08. The van der Waals surface area contributed by atoms with Crippen LogP contribution < -0.4 is 11.2 Å². The van der Waals surface area contributed by atoms with Gasteiger partial charge in [-0.1, -0.05) is 0 Å². The molecule has 0 spiro atoms. The van der Waals surface area contributed by atoms with E-state index in [9.17, 15) is 14.4 Å². The average Bonchev–Trinajstić information content (AvgIpc) is 2.34. The van der Waals surface area contributed by atoms with Gasteiger partial charge >= 0.3 is 11.7 Å². The minimum Gasteiger partial charge on any atom is -0.481 e. The number of aliphatic carboxylic acids is 1. The van der Waals surface area contributed by atoms with Gasteiger partial charge in [-0.3, -0.25) is 14.2 Å². The van der Waals surface area contributed by atoms with Gasteiger partial charge in [-0.25, -0.2) is 4.79 Å². The number of hydrogen-bond donors (Lipinski definition) is 2. The van der Waals surface area contributed by atoms with Crippen molar-refractivity contribution in [2.75, 3.05) is 0 Å². The molecule has 2 aromatic rings. The van der Waals surface area contributed by atoms with Gasteiger partial charge in [0.1, 0.15) is 0 Å². The van der Waals surface area contributed by atoms with Gasteiger partial charge in [0.2, 0.25) is 0 Å². The van der Waals surface area contributed by atoms with Crippen LogP contribution in [0.4, 0.5) is 0 Å². The molecule has 0 unspecified atom stereocenters. The van der Waals surface area contributed by atoms with Crippen molar-refractivity contribution in [2.24, 2.45) is 0 Å². The van der Waals surface area contributed by atoms with Crippen LogP contribution in [0.1, 0.15) is 12.8 Å². The monoisotopic (exact) mass is 374 g/mol. The predicted molar refractivity (Wildman–Crippen MR) is 78.4 cm³/mol. The number of carboxylic acids is 1. The molecule has 0 atom stereocenters. The van der Waals surface area contributed by atoms with Gasteiger partial charge in [-0.05, 0) is 47.2 Å². The van der Waals surface area contributed by atoms with E-state index >= 15 is 0 Å². The molecule has 0 bridgehead atoms. The zero-order valence-electron chi connectivity index (χ0n) is 9.85. The summed E-state index contributed by atoms with van der Waals surface area (Å²) < 4.78 is 1.94. The Bertz CT molecular complexity index is 747. The highest BCUT2D eigenvalue weighted by molar-refractivity contribution is 14.1. The molecular weight excluding hydrogens is 363 g/mol. The molecule has 0 fully saturated rings. The molecule has 19 heavy (non-hydrogen) atoms. The van der Waals surface area contributed by atoms with E-state index in [1.807, 2.05) is 0 Å². The Balaban J connectivity index is 2.46. The van der Waals surface area contributed by atoms with Crippen LogP contribution >= 0.6 is 22.6 Å². The second-order valence-electron chi connectivity index (χ2n) is 4.07. The maximum absolute atomic E-state index is 12.2. The van der Waals surface area contributed by atoms with Gasteiger partial charge in [0.15, 0.2) is 0 Å². The summed E-state index contributed by atoms with van der Waals surface area (Å²) in [5.74, 6) is -0.945. The Kier molecular flexibility index (Phi) is 4.03. The predicted octanol–water partition coefficient (Wildman–Crippen LogP) is 1.16.